The molecule has 10 heteroatoms. The summed E-state index contributed by atoms with van der Waals surface area (Å²) >= 11 is 0. The van der Waals surface area contributed by atoms with Crippen LogP contribution in [0.3, 0.4) is 0 Å². The molecule has 0 fully saturated rings. The fraction of sp³-hybridized carbons (Fsp3) is 0. The maximum Gasteiger partial charge on any atom is 2.00 e. The van der Waals surface area contributed by atoms with Crippen molar-refractivity contribution in [3.05, 3.63) is 0 Å². The third kappa shape index (κ3) is 460. The fourth-order valence-electron chi connectivity index (χ4n) is 0. The summed E-state index contributed by atoms with van der Waals surface area (Å²) in [6.45, 7) is 0. The summed E-state index contributed by atoms with van der Waals surface area (Å²) in [4.78, 5) is 14.2. The monoisotopic (exact) mass is 217 g/mol. The standard InChI is InChI=1S/Ca.H2O4S.HO3P/c;1-5(2,3)4;1-4(2)3/h;(H2,1,2,3,4);(H-,1,2,3)/q+2;;/p-1. The quantitative estimate of drug-likeness (QED) is 0.205. The summed E-state index contributed by atoms with van der Waals surface area (Å²) in [5.41, 5.74) is 0. The molecule has 56 valence electrons. The van der Waals surface area contributed by atoms with Gasteiger partial charge in [-0.25, -0.2) is 0 Å². The average Bonchev–Trinajstić information content (AvgIpc) is 1.19. The van der Waals surface area contributed by atoms with Crippen molar-refractivity contribution >= 4 is 56.4 Å². The Morgan fingerprint density at radius 2 is 1.20 bits per heavy atom. The Bertz CT molecular complexity index is 156. The van der Waals surface area contributed by atoms with Gasteiger partial charge in [-0.3, -0.25) is 8.42 Å². The first-order chi connectivity index (χ1) is 3.73. The molecule has 7 nitrogen and oxygen atoms in total. The minimum absolute atomic E-state index is 0. The third-order valence-electron chi connectivity index (χ3n) is 0. The molecule has 0 aliphatic rings. The molecule has 0 aromatic carbocycles. The van der Waals surface area contributed by atoms with Crippen LogP contribution in [-0.2, 0) is 15.0 Å². The largest absolute Gasteiger partial charge is 2.00 e. The molecule has 0 aromatic rings. The van der Waals surface area contributed by atoms with Crippen molar-refractivity contribution in [2.75, 3.05) is 0 Å². The molecule has 0 aliphatic carbocycles. The molecule has 0 rings (SSSR count). The van der Waals surface area contributed by atoms with E-state index in [0.29, 0.717) is 0 Å². The molecule has 0 unspecified atom stereocenters. The van der Waals surface area contributed by atoms with E-state index in [1.54, 1.807) is 0 Å². The Kier molecular flexibility index (Phi) is 14.3. The summed E-state index contributed by atoms with van der Waals surface area (Å²) in [7, 11) is -8.04. The van der Waals surface area contributed by atoms with E-state index >= 15 is 0 Å². The molecule has 0 radical (unpaired) electrons. The van der Waals surface area contributed by atoms with Crippen LogP contribution >= 0.6 is 8.25 Å². The molecule has 0 amide bonds. The van der Waals surface area contributed by atoms with E-state index in [-0.39, 0.29) is 37.7 Å². The van der Waals surface area contributed by atoms with Gasteiger partial charge in [0.2, 0.25) is 0 Å². The van der Waals surface area contributed by atoms with Crippen molar-refractivity contribution in [1.82, 2.24) is 0 Å². The smallest absolute Gasteiger partial charge is 0.759 e. The Hall–Kier alpha value is 1.15. The summed E-state index contributed by atoms with van der Waals surface area (Å²) in [5.74, 6) is 0. The van der Waals surface area contributed by atoms with Gasteiger partial charge < -0.3 is 9.11 Å². The second-order valence-corrected chi connectivity index (χ2v) is 1.98. The normalized spacial score (nSPS) is 8.40. The van der Waals surface area contributed by atoms with Gasteiger partial charge in [-0.15, -0.1) is 9.79 Å². The number of hydrogen-bond acceptors (Lipinski definition) is 5. The second-order valence-electron chi connectivity index (χ2n) is 0.661. The predicted octanol–water partition coefficient (Wildman–Crippen LogP) is -2.09. The third-order valence-corrected chi connectivity index (χ3v) is 0. The first-order valence-electron chi connectivity index (χ1n) is 1.25. The van der Waals surface area contributed by atoms with E-state index in [4.69, 9.17) is 31.9 Å². The van der Waals surface area contributed by atoms with Crippen LogP contribution in [0.2, 0.25) is 0 Å². The van der Waals surface area contributed by atoms with Gasteiger partial charge in [-0.2, -0.15) is 0 Å². The van der Waals surface area contributed by atoms with Gasteiger partial charge in [0.25, 0.3) is 0 Å². The molecule has 2 N–H and O–H groups in total. The Morgan fingerprint density at radius 3 is 1.20 bits per heavy atom. The van der Waals surface area contributed by atoms with Gasteiger partial charge in [-0.05, 0) is 0 Å². The number of rotatable bonds is 0. The topological polar surface area (TPSA) is 138 Å². The van der Waals surface area contributed by atoms with Gasteiger partial charge in [0.05, 0.1) is 0 Å². The molecule has 0 spiro atoms. The summed E-state index contributed by atoms with van der Waals surface area (Å²) < 4.78 is 42.8. The van der Waals surface area contributed by atoms with Crippen molar-refractivity contribution in [2.24, 2.45) is 0 Å². The van der Waals surface area contributed by atoms with Crippen molar-refractivity contribution < 1.29 is 31.9 Å². The van der Waals surface area contributed by atoms with Gasteiger partial charge in [0.1, 0.15) is 0 Å². The molecule has 0 aromatic heterocycles. The SMILES string of the molecule is O=S(=O)([O-])[O-].O=[P+](O)O.[Ca+2]. The van der Waals surface area contributed by atoms with Crippen molar-refractivity contribution in [3.63, 3.8) is 0 Å². The van der Waals surface area contributed by atoms with Crippen molar-refractivity contribution in [3.8, 4) is 0 Å². The zero-order valence-electron chi connectivity index (χ0n) is 4.50. The van der Waals surface area contributed by atoms with E-state index in [1.165, 1.54) is 0 Å². The van der Waals surface area contributed by atoms with Crippen LogP contribution in [0.15, 0.2) is 0 Å². The van der Waals surface area contributed by atoms with Gasteiger partial charge in [-0.1, -0.05) is 0 Å². The van der Waals surface area contributed by atoms with Crippen LogP contribution in [0.25, 0.3) is 0 Å². The zero-order valence-corrected chi connectivity index (χ0v) is 8.42. The van der Waals surface area contributed by atoms with E-state index in [0.717, 1.165) is 0 Å². The van der Waals surface area contributed by atoms with Crippen molar-refractivity contribution in [1.29, 1.82) is 0 Å². The molecule has 0 aliphatic heterocycles. The van der Waals surface area contributed by atoms with E-state index in [9.17, 15) is 0 Å². The minimum Gasteiger partial charge on any atom is -0.759 e. The molecule has 0 saturated heterocycles. The number of hydrogen-bond donors (Lipinski definition) is 2. The molecular formula is H2CaO7PS+. The average molecular weight is 217 g/mol. The minimum atomic E-state index is -5.17. The maximum atomic E-state index is 8.70. The van der Waals surface area contributed by atoms with Crippen LogP contribution in [0.1, 0.15) is 0 Å². The van der Waals surface area contributed by atoms with E-state index in [2.05, 4.69) is 0 Å². The summed E-state index contributed by atoms with van der Waals surface area (Å²) in [6, 6.07) is 0. The van der Waals surface area contributed by atoms with Crippen LogP contribution in [0.5, 0.6) is 0 Å². The van der Waals surface area contributed by atoms with Crippen LogP contribution in [0.4, 0.5) is 0 Å². The van der Waals surface area contributed by atoms with Gasteiger partial charge in [0, 0.05) is 15.0 Å². The fourth-order valence-corrected chi connectivity index (χ4v) is 0. The van der Waals surface area contributed by atoms with Crippen LogP contribution < -0.4 is 0 Å². The van der Waals surface area contributed by atoms with E-state index < -0.39 is 18.7 Å². The summed E-state index contributed by atoms with van der Waals surface area (Å²) in [5, 5.41) is 0. The zero-order chi connectivity index (χ0) is 8.08. The summed E-state index contributed by atoms with van der Waals surface area (Å²) in [6.07, 6.45) is 0. The molecule has 0 saturated carbocycles. The molecule has 0 bridgehead atoms. The Morgan fingerprint density at radius 1 is 1.20 bits per heavy atom. The first-order valence-corrected chi connectivity index (χ1v) is 3.75. The molecule has 0 heterocycles. The predicted molar refractivity (Wildman–Crippen MR) is 28.3 cm³/mol. The maximum absolute atomic E-state index is 8.70. The second kappa shape index (κ2) is 8.25. The van der Waals surface area contributed by atoms with Gasteiger partial charge >= 0.3 is 46.0 Å². The molecular weight excluding hydrogens is 215 g/mol. The Labute approximate surface area is 87.6 Å². The Balaban J connectivity index is -0.0000000910. The van der Waals surface area contributed by atoms with Gasteiger partial charge in [0.15, 0.2) is 0 Å². The van der Waals surface area contributed by atoms with Crippen LogP contribution in [0, 0.1) is 0 Å². The van der Waals surface area contributed by atoms with E-state index in [1.807, 2.05) is 0 Å². The molecule has 0 atom stereocenters. The van der Waals surface area contributed by atoms with Crippen molar-refractivity contribution in [2.45, 2.75) is 0 Å². The first kappa shape index (κ1) is 17.3. The van der Waals surface area contributed by atoms with Crippen LogP contribution in [-0.4, -0.2) is 65.0 Å². The molecule has 10 heavy (non-hydrogen) atoms.